The predicted octanol–water partition coefficient (Wildman–Crippen LogP) is 4.68. The Bertz CT molecular complexity index is 484. The summed E-state index contributed by atoms with van der Waals surface area (Å²) in [4.78, 5) is 14.3. The molecule has 1 aromatic rings. The summed E-state index contributed by atoms with van der Waals surface area (Å²) in [5.74, 6) is 0.830. The predicted molar refractivity (Wildman–Crippen MR) is 101 cm³/mol. The maximum Gasteiger partial charge on any atom is 0.411 e. The number of benzene rings is 1. The lowest BCUT2D eigenvalue weighted by atomic mass is 10.1. The molecule has 140 valence electrons. The second kappa shape index (κ2) is 11.7. The van der Waals surface area contributed by atoms with Gasteiger partial charge in [0.25, 0.3) is 0 Å². The maximum atomic E-state index is 11.8. The van der Waals surface area contributed by atoms with Gasteiger partial charge in [0.1, 0.15) is 5.75 Å². The van der Waals surface area contributed by atoms with Crippen LogP contribution in [0.15, 0.2) is 24.3 Å². The Morgan fingerprint density at radius 1 is 1.04 bits per heavy atom. The van der Waals surface area contributed by atoms with Crippen LogP contribution < -0.4 is 10.1 Å². The molecule has 0 radical (unpaired) electrons. The van der Waals surface area contributed by atoms with Crippen LogP contribution in [0.5, 0.6) is 5.75 Å². The Kier molecular flexibility index (Phi) is 9.19. The van der Waals surface area contributed by atoms with E-state index in [0.29, 0.717) is 6.61 Å². The van der Waals surface area contributed by atoms with E-state index in [0.717, 1.165) is 37.4 Å². The van der Waals surface area contributed by atoms with E-state index >= 15 is 0 Å². The van der Waals surface area contributed by atoms with Crippen molar-refractivity contribution in [3.8, 4) is 5.75 Å². The molecule has 1 aromatic carbocycles. The monoisotopic (exact) mass is 348 g/mol. The molecule has 0 spiro atoms. The highest BCUT2D eigenvalue weighted by Crippen LogP contribution is 2.16. The summed E-state index contributed by atoms with van der Waals surface area (Å²) in [6.45, 7) is 6.74. The number of piperidine rings is 1. The number of ether oxygens (including phenoxy) is 2. The fourth-order valence-corrected chi connectivity index (χ4v) is 2.97. The Morgan fingerprint density at radius 3 is 2.52 bits per heavy atom. The first-order valence-electron chi connectivity index (χ1n) is 9.67. The third-order valence-corrected chi connectivity index (χ3v) is 4.42. The van der Waals surface area contributed by atoms with Crippen LogP contribution in [0.25, 0.3) is 0 Å². The number of amides is 1. The summed E-state index contributed by atoms with van der Waals surface area (Å²) in [6.07, 6.45) is 7.86. The first-order valence-corrected chi connectivity index (χ1v) is 9.67. The smallest absolute Gasteiger partial charge is 0.411 e. The van der Waals surface area contributed by atoms with E-state index in [-0.39, 0.29) is 0 Å². The lowest BCUT2D eigenvalue weighted by Crippen LogP contribution is -2.31. The molecule has 0 bridgehead atoms. The summed E-state index contributed by atoms with van der Waals surface area (Å²) in [6, 6.07) is 7.42. The third-order valence-electron chi connectivity index (χ3n) is 4.42. The number of nitrogens with zero attached hydrogens (tertiary/aromatic N) is 1. The van der Waals surface area contributed by atoms with Crippen LogP contribution in [0.1, 0.15) is 51.9 Å². The minimum absolute atomic E-state index is 0.393. The number of hydrogen-bond donors (Lipinski definition) is 1. The number of rotatable bonds is 10. The molecular weight excluding hydrogens is 316 g/mol. The molecule has 1 aliphatic heterocycles. The van der Waals surface area contributed by atoms with E-state index in [4.69, 9.17) is 9.47 Å². The molecule has 0 unspecified atom stereocenters. The molecule has 0 saturated carbocycles. The van der Waals surface area contributed by atoms with Crippen LogP contribution in [0.2, 0.25) is 0 Å². The van der Waals surface area contributed by atoms with Crippen LogP contribution in [-0.4, -0.2) is 43.8 Å². The Labute approximate surface area is 151 Å². The van der Waals surface area contributed by atoms with Crippen LogP contribution in [0, 0.1) is 0 Å². The van der Waals surface area contributed by atoms with E-state index in [1.807, 2.05) is 24.3 Å². The fourth-order valence-electron chi connectivity index (χ4n) is 2.97. The average molecular weight is 348 g/mol. The Hall–Kier alpha value is -1.75. The van der Waals surface area contributed by atoms with Gasteiger partial charge in [-0.15, -0.1) is 0 Å². The van der Waals surface area contributed by atoms with Crippen molar-refractivity contribution in [2.24, 2.45) is 0 Å². The van der Waals surface area contributed by atoms with Gasteiger partial charge in [-0.3, -0.25) is 5.32 Å². The molecule has 25 heavy (non-hydrogen) atoms. The highest BCUT2D eigenvalue weighted by molar-refractivity contribution is 5.84. The van der Waals surface area contributed by atoms with E-state index in [9.17, 15) is 4.79 Å². The van der Waals surface area contributed by atoms with Crippen molar-refractivity contribution in [3.63, 3.8) is 0 Å². The second-order valence-electron chi connectivity index (χ2n) is 6.60. The molecule has 0 aliphatic carbocycles. The zero-order chi connectivity index (χ0) is 17.7. The van der Waals surface area contributed by atoms with Crippen molar-refractivity contribution in [1.29, 1.82) is 0 Å². The van der Waals surface area contributed by atoms with Crippen LogP contribution in [0.4, 0.5) is 10.5 Å². The number of hydrogen-bond acceptors (Lipinski definition) is 4. The summed E-state index contributed by atoms with van der Waals surface area (Å²) in [5.41, 5.74) is 0.724. The topological polar surface area (TPSA) is 50.8 Å². The minimum atomic E-state index is -0.393. The van der Waals surface area contributed by atoms with Crippen molar-refractivity contribution in [3.05, 3.63) is 24.3 Å². The van der Waals surface area contributed by atoms with E-state index in [1.54, 1.807) is 0 Å². The summed E-state index contributed by atoms with van der Waals surface area (Å²) >= 11 is 0. The highest BCUT2D eigenvalue weighted by Gasteiger charge is 2.10. The van der Waals surface area contributed by atoms with Crippen LogP contribution in [0.3, 0.4) is 0 Å². The number of carbonyl (C=O) groups is 1. The summed E-state index contributed by atoms with van der Waals surface area (Å²) in [5, 5.41) is 2.75. The minimum Gasteiger partial charge on any atom is -0.494 e. The van der Waals surface area contributed by atoms with Gasteiger partial charge in [0.05, 0.1) is 13.2 Å². The van der Waals surface area contributed by atoms with Crippen LogP contribution >= 0.6 is 0 Å². The Morgan fingerprint density at radius 2 is 1.80 bits per heavy atom. The highest BCUT2D eigenvalue weighted by atomic mass is 16.5. The maximum absolute atomic E-state index is 11.8. The number of carbonyl (C=O) groups excluding carboxylic acids is 1. The van der Waals surface area contributed by atoms with E-state index in [1.165, 1.54) is 45.2 Å². The van der Waals surface area contributed by atoms with E-state index < -0.39 is 6.09 Å². The molecule has 2 rings (SSSR count). The molecule has 1 saturated heterocycles. The molecule has 1 N–H and O–H groups in total. The second-order valence-corrected chi connectivity index (χ2v) is 6.60. The van der Waals surface area contributed by atoms with Gasteiger partial charge in [-0.25, -0.2) is 4.79 Å². The number of anilines is 1. The van der Waals surface area contributed by atoms with Crippen LogP contribution in [-0.2, 0) is 4.74 Å². The molecule has 5 heteroatoms. The first kappa shape index (κ1) is 19.6. The van der Waals surface area contributed by atoms with Gasteiger partial charge < -0.3 is 14.4 Å². The molecule has 5 nitrogen and oxygen atoms in total. The standard InChI is InChI=1S/C20H32N2O3/c1-2-3-7-16-24-19-11-9-18(10-12-19)21-20(23)25-17-8-15-22-13-5-4-6-14-22/h9-12H,2-8,13-17H2,1H3,(H,21,23). The third kappa shape index (κ3) is 8.25. The average Bonchev–Trinajstić information content (AvgIpc) is 2.65. The normalized spacial score (nSPS) is 14.9. The van der Waals surface area contributed by atoms with E-state index in [2.05, 4.69) is 17.1 Å². The van der Waals surface area contributed by atoms with Gasteiger partial charge in [-0.2, -0.15) is 0 Å². The lowest BCUT2D eigenvalue weighted by Gasteiger charge is -2.26. The fraction of sp³-hybridized carbons (Fsp3) is 0.650. The van der Waals surface area contributed by atoms with Crippen molar-refractivity contribution in [2.45, 2.75) is 51.9 Å². The largest absolute Gasteiger partial charge is 0.494 e. The Balaban J connectivity index is 1.58. The van der Waals surface area contributed by atoms with Crippen molar-refractivity contribution in [1.82, 2.24) is 4.90 Å². The molecule has 1 fully saturated rings. The molecule has 0 atom stereocenters. The van der Waals surface area contributed by atoms with Gasteiger partial charge >= 0.3 is 6.09 Å². The molecule has 0 aromatic heterocycles. The van der Waals surface area contributed by atoms with Gasteiger partial charge in [0, 0.05) is 12.2 Å². The van der Waals surface area contributed by atoms with Gasteiger partial charge in [0.15, 0.2) is 0 Å². The van der Waals surface area contributed by atoms with Crippen molar-refractivity contribution >= 4 is 11.8 Å². The number of likely N-dealkylation sites (tertiary alicyclic amines) is 1. The molecule has 1 amide bonds. The van der Waals surface area contributed by atoms with Gasteiger partial charge in [-0.1, -0.05) is 26.2 Å². The zero-order valence-corrected chi connectivity index (χ0v) is 15.5. The number of unbranched alkanes of at least 4 members (excludes halogenated alkanes) is 2. The van der Waals surface area contributed by atoms with Gasteiger partial charge in [-0.05, 0) is 63.0 Å². The summed E-state index contributed by atoms with van der Waals surface area (Å²) < 4.78 is 10.9. The van der Waals surface area contributed by atoms with Crippen molar-refractivity contribution < 1.29 is 14.3 Å². The van der Waals surface area contributed by atoms with Crippen molar-refractivity contribution in [2.75, 3.05) is 38.2 Å². The zero-order valence-electron chi connectivity index (χ0n) is 15.5. The number of nitrogens with one attached hydrogen (secondary N) is 1. The quantitative estimate of drug-likeness (QED) is 0.624. The summed E-state index contributed by atoms with van der Waals surface area (Å²) in [7, 11) is 0. The SMILES string of the molecule is CCCCCOc1ccc(NC(=O)OCCCN2CCCCC2)cc1. The molecule has 1 aliphatic rings. The first-order chi connectivity index (χ1) is 12.3. The molecular formula is C20H32N2O3. The lowest BCUT2D eigenvalue weighted by molar-refractivity contribution is 0.148. The van der Waals surface area contributed by atoms with Gasteiger partial charge in [0.2, 0.25) is 0 Å². The molecule has 1 heterocycles.